The van der Waals surface area contributed by atoms with Gasteiger partial charge in [0.05, 0.1) is 0 Å². The number of anilines is 1. The Morgan fingerprint density at radius 2 is 1.85 bits per heavy atom. The van der Waals surface area contributed by atoms with E-state index in [-0.39, 0.29) is 23.9 Å². The van der Waals surface area contributed by atoms with Crippen LogP contribution in [0.4, 0.5) is 10.5 Å². The fraction of sp³-hybridized carbons (Fsp3) is 0.526. The van der Waals surface area contributed by atoms with Crippen molar-refractivity contribution in [2.45, 2.75) is 51.2 Å². The zero-order chi connectivity index (χ0) is 18.9. The second-order valence-electron chi connectivity index (χ2n) is 7.85. The molecule has 7 heteroatoms. The predicted molar refractivity (Wildman–Crippen MR) is 96.8 cm³/mol. The van der Waals surface area contributed by atoms with Gasteiger partial charge < -0.3 is 15.0 Å². The van der Waals surface area contributed by atoms with E-state index in [2.05, 4.69) is 10.6 Å². The van der Waals surface area contributed by atoms with Gasteiger partial charge >= 0.3 is 6.09 Å². The molecule has 1 aromatic rings. The SMILES string of the molecule is CC(C)(C)OC(=O)N1CC(c2ccc(NC3CCC(=O)NC3=O)cc2)C1. The minimum Gasteiger partial charge on any atom is -0.444 e. The monoisotopic (exact) mass is 359 g/mol. The standard InChI is InChI=1S/C19H25N3O4/c1-19(2,3)26-18(25)22-10-13(11-22)12-4-6-14(7-5-12)20-15-8-9-16(23)21-17(15)24/h4-7,13,15,20H,8-11H2,1-3H3,(H,21,23,24). The summed E-state index contributed by atoms with van der Waals surface area (Å²) < 4.78 is 5.36. The Balaban J connectivity index is 1.51. The van der Waals surface area contributed by atoms with E-state index in [0.717, 1.165) is 11.3 Å². The zero-order valence-corrected chi connectivity index (χ0v) is 15.4. The predicted octanol–water partition coefficient (Wildman–Crippen LogP) is 2.24. The first-order valence-corrected chi connectivity index (χ1v) is 8.89. The summed E-state index contributed by atoms with van der Waals surface area (Å²) in [5.41, 5.74) is 1.51. The number of rotatable bonds is 3. The van der Waals surface area contributed by atoms with Crippen molar-refractivity contribution in [1.29, 1.82) is 0 Å². The van der Waals surface area contributed by atoms with E-state index in [1.54, 1.807) is 4.90 Å². The Kier molecular flexibility index (Phi) is 4.89. The van der Waals surface area contributed by atoms with Crippen LogP contribution in [-0.4, -0.2) is 47.5 Å². The van der Waals surface area contributed by atoms with Crippen molar-refractivity contribution in [1.82, 2.24) is 10.2 Å². The van der Waals surface area contributed by atoms with Crippen molar-refractivity contribution in [3.05, 3.63) is 29.8 Å². The first-order chi connectivity index (χ1) is 12.2. The molecule has 7 nitrogen and oxygen atoms in total. The molecule has 26 heavy (non-hydrogen) atoms. The molecule has 2 N–H and O–H groups in total. The highest BCUT2D eigenvalue weighted by Crippen LogP contribution is 2.29. The third-order valence-electron chi connectivity index (χ3n) is 4.50. The quantitative estimate of drug-likeness (QED) is 0.808. The molecule has 3 amide bonds. The van der Waals surface area contributed by atoms with Gasteiger partial charge in [-0.3, -0.25) is 14.9 Å². The van der Waals surface area contributed by atoms with Gasteiger partial charge in [-0.1, -0.05) is 12.1 Å². The molecule has 2 saturated heterocycles. The highest BCUT2D eigenvalue weighted by molar-refractivity contribution is 6.01. The Morgan fingerprint density at radius 1 is 1.19 bits per heavy atom. The van der Waals surface area contributed by atoms with E-state index in [9.17, 15) is 14.4 Å². The van der Waals surface area contributed by atoms with Crippen LogP contribution >= 0.6 is 0 Å². The summed E-state index contributed by atoms with van der Waals surface area (Å²) in [6.07, 6.45) is 0.578. The number of nitrogens with one attached hydrogen (secondary N) is 2. The van der Waals surface area contributed by atoms with E-state index >= 15 is 0 Å². The van der Waals surface area contributed by atoms with E-state index in [0.29, 0.717) is 31.8 Å². The lowest BCUT2D eigenvalue weighted by atomic mass is 9.91. The van der Waals surface area contributed by atoms with Gasteiger partial charge in [-0.25, -0.2) is 4.79 Å². The molecule has 2 fully saturated rings. The third-order valence-corrected chi connectivity index (χ3v) is 4.50. The lowest BCUT2D eigenvalue weighted by Crippen LogP contribution is -2.50. The molecule has 0 bridgehead atoms. The van der Waals surface area contributed by atoms with Gasteiger partial charge in [0.25, 0.3) is 0 Å². The lowest BCUT2D eigenvalue weighted by molar-refractivity contribution is -0.133. The number of hydrogen-bond donors (Lipinski definition) is 2. The van der Waals surface area contributed by atoms with Gasteiger partial charge in [-0.15, -0.1) is 0 Å². The number of carbonyl (C=O) groups is 3. The molecule has 2 aliphatic heterocycles. The average Bonchev–Trinajstić information content (AvgIpc) is 2.48. The zero-order valence-electron chi connectivity index (χ0n) is 15.4. The van der Waals surface area contributed by atoms with Gasteiger partial charge in [0, 0.05) is 31.1 Å². The molecule has 1 unspecified atom stereocenters. The Bertz CT molecular complexity index is 702. The fourth-order valence-electron chi connectivity index (χ4n) is 3.05. The number of nitrogens with zero attached hydrogens (tertiary/aromatic N) is 1. The normalized spacial score (nSPS) is 21.0. The van der Waals surface area contributed by atoms with Crippen molar-refractivity contribution in [2.75, 3.05) is 18.4 Å². The molecule has 1 atom stereocenters. The maximum absolute atomic E-state index is 12.0. The number of benzene rings is 1. The second kappa shape index (κ2) is 6.97. The van der Waals surface area contributed by atoms with Gasteiger partial charge in [-0.05, 0) is 44.9 Å². The third kappa shape index (κ3) is 4.33. The molecule has 140 valence electrons. The van der Waals surface area contributed by atoms with Crippen LogP contribution in [0.1, 0.15) is 45.1 Å². The van der Waals surface area contributed by atoms with Crippen LogP contribution in [0, 0.1) is 0 Å². The fourth-order valence-corrected chi connectivity index (χ4v) is 3.05. The van der Waals surface area contributed by atoms with Crippen LogP contribution in [0.2, 0.25) is 0 Å². The number of ether oxygens (including phenoxy) is 1. The molecule has 2 aliphatic rings. The summed E-state index contributed by atoms with van der Waals surface area (Å²) in [7, 11) is 0. The highest BCUT2D eigenvalue weighted by Gasteiger charge is 2.34. The molecular formula is C19H25N3O4. The summed E-state index contributed by atoms with van der Waals surface area (Å²) in [5, 5.41) is 5.50. The first-order valence-electron chi connectivity index (χ1n) is 8.89. The second-order valence-corrected chi connectivity index (χ2v) is 7.85. The van der Waals surface area contributed by atoms with Crippen LogP contribution in [0.3, 0.4) is 0 Å². The molecular weight excluding hydrogens is 334 g/mol. The topological polar surface area (TPSA) is 87.7 Å². The van der Waals surface area contributed by atoms with Crippen molar-refractivity contribution in [3.8, 4) is 0 Å². The molecule has 2 heterocycles. The highest BCUT2D eigenvalue weighted by atomic mass is 16.6. The van der Waals surface area contributed by atoms with E-state index < -0.39 is 5.60 Å². The van der Waals surface area contributed by atoms with Gasteiger partial charge in [0.1, 0.15) is 11.6 Å². The maximum atomic E-state index is 12.0. The number of hydrogen-bond acceptors (Lipinski definition) is 5. The molecule has 0 saturated carbocycles. The minimum atomic E-state index is -0.481. The number of carbonyl (C=O) groups excluding carboxylic acids is 3. The van der Waals surface area contributed by atoms with Gasteiger partial charge in [-0.2, -0.15) is 0 Å². The molecule has 0 aliphatic carbocycles. The summed E-state index contributed by atoms with van der Waals surface area (Å²) in [6.45, 7) is 6.87. The minimum absolute atomic E-state index is 0.220. The summed E-state index contributed by atoms with van der Waals surface area (Å²) >= 11 is 0. The first kappa shape index (κ1) is 18.2. The molecule has 0 aromatic heterocycles. The Morgan fingerprint density at radius 3 is 2.42 bits per heavy atom. The van der Waals surface area contributed by atoms with Crippen LogP contribution in [0.15, 0.2) is 24.3 Å². The smallest absolute Gasteiger partial charge is 0.410 e. The summed E-state index contributed by atoms with van der Waals surface area (Å²) in [4.78, 5) is 36.7. The summed E-state index contributed by atoms with van der Waals surface area (Å²) in [6, 6.07) is 7.48. The maximum Gasteiger partial charge on any atom is 0.410 e. The molecule has 0 spiro atoms. The lowest BCUT2D eigenvalue weighted by Gasteiger charge is -2.40. The number of amides is 3. The molecule has 3 rings (SSSR count). The van der Waals surface area contributed by atoms with Crippen LogP contribution in [0.25, 0.3) is 0 Å². The Labute approximate surface area is 153 Å². The van der Waals surface area contributed by atoms with Gasteiger partial charge in [0.2, 0.25) is 11.8 Å². The number of imide groups is 1. The average molecular weight is 359 g/mol. The van der Waals surface area contributed by atoms with Crippen molar-refractivity contribution >= 4 is 23.6 Å². The van der Waals surface area contributed by atoms with E-state index in [1.807, 2.05) is 45.0 Å². The molecule has 1 aromatic carbocycles. The van der Waals surface area contributed by atoms with Crippen molar-refractivity contribution < 1.29 is 19.1 Å². The Hall–Kier alpha value is -2.57. The van der Waals surface area contributed by atoms with E-state index in [4.69, 9.17) is 4.74 Å². The summed E-state index contributed by atoms with van der Waals surface area (Å²) in [5.74, 6) is -0.201. The van der Waals surface area contributed by atoms with Crippen LogP contribution in [0.5, 0.6) is 0 Å². The molecule has 0 radical (unpaired) electrons. The van der Waals surface area contributed by atoms with Crippen LogP contribution < -0.4 is 10.6 Å². The van der Waals surface area contributed by atoms with Crippen LogP contribution in [-0.2, 0) is 14.3 Å². The number of piperidine rings is 1. The number of likely N-dealkylation sites (tertiary alicyclic amines) is 1. The van der Waals surface area contributed by atoms with Crippen molar-refractivity contribution in [3.63, 3.8) is 0 Å². The van der Waals surface area contributed by atoms with Crippen molar-refractivity contribution in [2.24, 2.45) is 0 Å². The van der Waals surface area contributed by atoms with Gasteiger partial charge in [0.15, 0.2) is 0 Å². The van der Waals surface area contributed by atoms with E-state index in [1.165, 1.54) is 0 Å². The largest absolute Gasteiger partial charge is 0.444 e.